The number of carbonyl (C=O) groups excluding carboxylic acids is 1. The molecular weight excluding hydrogens is 208 g/mol. The number of ketones is 1. The SMILES string of the molecule is CCCC/C=C/CCCCC(=O)CCCCC. The minimum atomic E-state index is 0.466. The zero-order valence-electron chi connectivity index (χ0n) is 11.8. The Morgan fingerprint density at radius 2 is 1.29 bits per heavy atom. The summed E-state index contributed by atoms with van der Waals surface area (Å²) in [6.07, 6.45) is 16.8. The summed E-state index contributed by atoms with van der Waals surface area (Å²) in [6.45, 7) is 4.40. The van der Waals surface area contributed by atoms with E-state index >= 15 is 0 Å². The number of hydrogen-bond acceptors (Lipinski definition) is 1. The molecule has 1 nitrogen and oxygen atoms in total. The molecule has 0 aliphatic carbocycles. The molecule has 0 aromatic carbocycles. The van der Waals surface area contributed by atoms with E-state index in [4.69, 9.17) is 0 Å². The fraction of sp³-hybridized carbons (Fsp3) is 0.812. The second-order valence-corrected chi connectivity index (χ2v) is 4.86. The van der Waals surface area contributed by atoms with Crippen molar-refractivity contribution in [3.05, 3.63) is 12.2 Å². The highest BCUT2D eigenvalue weighted by molar-refractivity contribution is 5.78. The van der Waals surface area contributed by atoms with Crippen molar-refractivity contribution in [1.29, 1.82) is 0 Å². The van der Waals surface area contributed by atoms with Gasteiger partial charge in [-0.2, -0.15) is 0 Å². The molecule has 0 aromatic rings. The molecule has 1 heteroatoms. The lowest BCUT2D eigenvalue weighted by Gasteiger charge is -1.99. The Morgan fingerprint density at radius 1 is 0.765 bits per heavy atom. The number of rotatable bonds is 12. The number of unbranched alkanes of at least 4 members (excludes halogenated alkanes) is 6. The van der Waals surface area contributed by atoms with Crippen LogP contribution in [-0.2, 0) is 4.79 Å². The van der Waals surface area contributed by atoms with E-state index in [1.807, 2.05) is 0 Å². The molecule has 0 saturated carbocycles. The molecule has 0 radical (unpaired) electrons. The average molecular weight is 238 g/mol. The van der Waals surface area contributed by atoms with Crippen LogP contribution in [0.15, 0.2) is 12.2 Å². The third kappa shape index (κ3) is 13.3. The minimum Gasteiger partial charge on any atom is -0.300 e. The van der Waals surface area contributed by atoms with E-state index < -0.39 is 0 Å². The summed E-state index contributed by atoms with van der Waals surface area (Å²) in [7, 11) is 0. The van der Waals surface area contributed by atoms with E-state index in [0.717, 1.165) is 32.1 Å². The van der Waals surface area contributed by atoms with Crippen LogP contribution in [0.1, 0.15) is 84.5 Å². The van der Waals surface area contributed by atoms with Gasteiger partial charge < -0.3 is 0 Å². The number of hydrogen-bond donors (Lipinski definition) is 0. The molecule has 0 spiro atoms. The van der Waals surface area contributed by atoms with Gasteiger partial charge in [-0.1, -0.05) is 51.7 Å². The van der Waals surface area contributed by atoms with Crippen molar-refractivity contribution in [2.45, 2.75) is 84.5 Å². The predicted molar refractivity (Wildman–Crippen MR) is 76.3 cm³/mol. The Bertz CT molecular complexity index is 194. The highest BCUT2D eigenvalue weighted by Gasteiger charge is 2.00. The van der Waals surface area contributed by atoms with Crippen LogP contribution < -0.4 is 0 Å². The highest BCUT2D eigenvalue weighted by atomic mass is 16.1. The van der Waals surface area contributed by atoms with Gasteiger partial charge in [0.1, 0.15) is 5.78 Å². The van der Waals surface area contributed by atoms with Crippen molar-refractivity contribution in [3.8, 4) is 0 Å². The standard InChI is InChI=1S/C16H30O/c1-3-5-7-8-9-10-11-13-15-16(17)14-12-6-4-2/h8-9H,3-7,10-15H2,1-2H3/b9-8+. The lowest BCUT2D eigenvalue weighted by atomic mass is 10.1. The Labute approximate surface area is 108 Å². The van der Waals surface area contributed by atoms with Crippen LogP contribution in [0.2, 0.25) is 0 Å². The summed E-state index contributed by atoms with van der Waals surface area (Å²) in [6, 6.07) is 0. The molecule has 0 unspecified atom stereocenters. The van der Waals surface area contributed by atoms with Crippen LogP contribution >= 0.6 is 0 Å². The van der Waals surface area contributed by atoms with Crippen LogP contribution in [0.4, 0.5) is 0 Å². The first kappa shape index (κ1) is 16.4. The predicted octanol–water partition coefficient (Wildman–Crippen LogP) is 5.44. The van der Waals surface area contributed by atoms with Gasteiger partial charge in [0.05, 0.1) is 0 Å². The number of carbonyl (C=O) groups is 1. The molecule has 0 saturated heterocycles. The molecule has 17 heavy (non-hydrogen) atoms. The van der Waals surface area contributed by atoms with Gasteiger partial charge in [0.2, 0.25) is 0 Å². The molecule has 0 fully saturated rings. The third-order valence-corrected chi connectivity index (χ3v) is 3.03. The summed E-state index contributed by atoms with van der Waals surface area (Å²) in [5.41, 5.74) is 0. The first-order valence-corrected chi connectivity index (χ1v) is 7.48. The fourth-order valence-corrected chi connectivity index (χ4v) is 1.84. The Hall–Kier alpha value is -0.590. The fourth-order valence-electron chi connectivity index (χ4n) is 1.84. The van der Waals surface area contributed by atoms with Crippen molar-refractivity contribution in [1.82, 2.24) is 0 Å². The maximum atomic E-state index is 11.5. The smallest absolute Gasteiger partial charge is 0.132 e. The normalized spacial score (nSPS) is 11.2. The van der Waals surface area contributed by atoms with Crippen molar-refractivity contribution in [3.63, 3.8) is 0 Å². The average Bonchev–Trinajstić information content (AvgIpc) is 2.33. The van der Waals surface area contributed by atoms with E-state index in [0.29, 0.717) is 5.78 Å². The monoisotopic (exact) mass is 238 g/mol. The van der Waals surface area contributed by atoms with E-state index in [9.17, 15) is 4.79 Å². The first-order valence-electron chi connectivity index (χ1n) is 7.48. The molecule has 0 aliphatic rings. The first-order chi connectivity index (χ1) is 8.31. The van der Waals surface area contributed by atoms with E-state index in [1.165, 1.54) is 38.5 Å². The van der Waals surface area contributed by atoms with Crippen LogP contribution in [0, 0.1) is 0 Å². The van der Waals surface area contributed by atoms with Crippen LogP contribution in [0.25, 0.3) is 0 Å². The third-order valence-electron chi connectivity index (χ3n) is 3.03. The summed E-state index contributed by atoms with van der Waals surface area (Å²) < 4.78 is 0. The van der Waals surface area contributed by atoms with Crippen molar-refractivity contribution < 1.29 is 4.79 Å². The van der Waals surface area contributed by atoms with E-state index in [2.05, 4.69) is 26.0 Å². The molecule has 0 N–H and O–H groups in total. The van der Waals surface area contributed by atoms with Gasteiger partial charge >= 0.3 is 0 Å². The summed E-state index contributed by atoms with van der Waals surface area (Å²) in [4.78, 5) is 11.5. The molecule has 0 heterocycles. The lowest BCUT2D eigenvalue weighted by molar-refractivity contribution is -0.119. The minimum absolute atomic E-state index is 0.466. The van der Waals surface area contributed by atoms with Crippen molar-refractivity contribution >= 4 is 5.78 Å². The van der Waals surface area contributed by atoms with Crippen LogP contribution in [-0.4, -0.2) is 5.78 Å². The molecule has 0 rings (SSSR count). The molecule has 0 amide bonds. The summed E-state index contributed by atoms with van der Waals surface area (Å²) >= 11 is 0. The molecule has 0 aromatic heterocycles. The molecule has 0 bridgehead atoms. The largest absolute Gasteiger partial charge is 0.300 e. The summed E-state index contributed by atoms with van der Waals surface area (Å²) in [5, 5.41) is 0. The van der Waals surface area contributed by atoms with E-state index in [1.54, 1.807) is 0 Å². The maximum Gasteiger partial charge on any atom is 0.132 e. The zero-order chi connectivity index (χ0) is 12.8. The van der Waals surface area contributed by atoms with Gasteiger partial charge in [0, 0.05) is 12.8 Å². The molecule has 0 atom stereocenters. The molecule has 0 aliphatic heterocycles. The zero-order valence-corrected chi connectivity index (χ0v) is 11.8. The molecule has 100 valence electrons. The second-order valence-electron chi connectivity index (χ2n) is 4.86. The van der Waals surface area contributed by atoms with Crippen LogP contribution in [0.3, 0.4) is 0 Å². The van der Waals surface area contributed by atoms with Gasteiger partial charge in [-0.05, 0) is 32.1 Å². The Balaban J connectivity index is 3.21. The van der Waals surface area contributed by atoms with E-state index in [-0.39, 0.29) is 0 Å². The number of allylic oxidation sites excluding steroid dienone is 2. The Kier molecular flexibility index (Phi) is 13.0. The lowest BCUT2D eigenvalue weighted by Crippen LogP contribution is -1.97. The van der Waals surface area contributed by atoms with Gasteiger partial charge in [0.15, 0.2) is 0 Å². The molecular formula is C16H30O. The van der Waals surface area contributed by atoms with Gasteiger partial charge in [-0.25, -0.2) is 0 Å². The highest BCUT2D eigenvalue weighted by Crippen LogP contribution is 2.07. The van der Waals surface area contributed by atoms with Crippen molar-refractivity contribution in [2.24, 2.45) is 0 Å². The Morgan fingerprint density at radius 3 is 1.88 bits per heavy atom. The quantitative estimate of drug-likeness (QED) is 0.327. The van der Waals surface area contributed by atoms with Crippen LogP contribution in [0.5, 0.6) is 0 Å². The summed E-state index contributed by atoms with van der Waals surface area (Å²) in [5.74, 6) is 0.466. The maximum absolute atomic E-state index is 11.5. The van der Waals surface area contributed by atoms with Crippen molar-refractivity contribution in [2.75, 3.05) is 0 Å². The second kappa shape index (κ2) is 13.5. The van der Waals surface area contributed by atoms with Gasteiger partial charge in [-0.15, -0.1) is 0 Å². The van der Waals surface area contributed by atoms with Gasteiger partial charge in [-0.3, -0.25) is 4.79 Å². The topological polar surface area (TPSA) is 17.1 Å². The number of Topliss-reactive ketones (excluding diaryl/α,β-unsaturated/α-hetero) is 1. The van der Waals surface area contributed by atoms with Gasteiger partial charge in [0.25, 0.3) is 0 Å².